The Balaban J connectivity index is 1.98. The summed E-state index contributed by atoms with van der Waals surface area (Å²) in [4.78, 5) is 15.5. The van der Waals surface area contributed by atoms with Crippen LogP contribution in [0.25, 0.3) is 22.5 Å². The van der Waals surface area contributed by atoms with Gasteiger partial charge in [0.05, 0.1) is 0 Å². The van der Waals surface area contributed by atoms with Crippen LogP contribution in [0, 0.1) is 0 Å². The molecule has 0 aliphatic heterocycles. The Hall–Kier alpha value is -2.73. The van der Waals surface area contributed by atoms with Crippen LogP contribution in [0.15, 0.2) is 65.8 Å². The number of amides is 1. The first-order valence-electron chi connectivity index (χ1n) is 7.50. The molecule has 0 aliphatic rings. The third-order valence-corrected chi connectivity index (χ3v) is 4.18. The molecular formula is C18H16N4OS. The number of benzene rings is 2. The van der Waals surface area contributed by atoms with Crippen LogP contribution in [0.4, 0.5) is 0 Å². The first kappa shape index (κ1) is 16.1. The zero-order valence-corrected chi connectivity index (χ0v) is 13.7. The van der Waals surface area contributed by atoms with E-state index in [-0.39, 0.29) is 12.3 Å². The third kappa shape index (κ3) is 3.97. The van der Waals surface area contributed by atoms with E-state index >= 15 is 0 Å². The average Bonchev–Trinajstić information content (AvgIpc) is 2.63. The van der Waals surface area contributed by atoms with Crippen LogP contribution in [-0.4, -0.2) is 26.8 Å². The normalized spacial score (nSPS) is 10.5. The maximum atomic E-state index is 10.9. The van der Waals surface area contributed by atoms with Gasteiger partial charge in [-0.2, -0.15) is 0 Å². The maximum absolute atomic E-state index is 10.9. The molecule has 0 radical (unpaired) electrons. The fraction of sp³-hybridized carbons (Fsp3) is 0.111. The summed E-state index contributed by atoms with van der Waals surface area (Å²) in [6, 6.07) is 19.7. The maximum Gasteiger partial charge on any atom is 0.218 e. The molecule has 1 heterocycles. The van der Waals surface area contributed by atoms with Crippen LogP contribution in [0.1, 0.15) is 6.42 Å². The first-order valence-corrected chi connectivity index (χ1v) is 8.49. The lowest BCUT2D eigenvalue weighted by Crippen LogP contribution is -2.11. The summed E-state index contributed by atoms with van der Waals surface area (Å²) in [6.07, 6.45) is 0.287. The molecule has 6 heteroatoms. The van der Waals surface area contributed by atoms with Crippen molar-refractivity contribution in [3.8, 4) is 22.5 Å². The van der Waals surface area contributed by atoms with Gasteiger partial charge in [0.25, 0.3) is 0 Å². The van der Waals surface area contributed by atoms with Crippen LogP contribution in [-0.2, 0) is 4.79 Å². The number of primary amides is 1. The van der Waals surface area contributed by atoms with Gasteiger partial charge in [-0.3, -0.25) is 4.79 Å². The van der Waals surface area contributed by atoms with E-state index in [4.69, 9.17) is 5.73 Å². The Bertz CT molecular complexity index is 825. The molecule has 0 atom stereocenters. The van der Waals surface area contributed by atoms with Crippen molar-refractivity contribution in [3.05, 3.63) is 60.7 Å². The molecular weight excluding hydrogens is 320 g/mol. The summed E-state index contributed by atoms with van der Waals surface area (Å²) in [5, 5.41) is 9.10. The van der Waals surface area contributed by atoms with Crippen molar-refractivity contribution in [1.82, 2.24) is 15.2 Å². The van der Waals surface area contributed by atoms with Crippen LogP contribution >= 0.6 is 11.8 Å². The van der Waals surface area contributed by atoms with Crippen LogP contribution in [0.3, 0.4) is 0 Å². The number of rotatable bonds is 6. The summed E-state index contributed by atoms with van der Waals surface area (Å²) in [5.74, 6) is 0.204. The molecule has 0 aliphatic carbocycles. The topological polar surface area (TPSA) is 81.8 Å². The van der Waals surface area contributed by atoms with Gasteiger partial charge >= 0.3 is 0 Å². The standard InChI is InChI=1S/C18H16N4OS/c19-15(23)11-12-24-18-20-16(13-7-3-1-4-8-13)17(21-22-18)14-9-5-2-6-10-14/h1-10H,11-12H2,(H2,19,23). The van der Waals surface area contributed by atoms with E-state index in [1.807, 2.05) is 60.7 Å². The number of aromatic nitrogens is 3. The van der Waals surface area contributed by atoms with Crippen LogP contribution in [0.5, 0.6) is 0 Å². The van der Waals surface area contributed by atoms with Gasteiger partial charge in [-0.25, -0.2) is 4.98 Å². The highest BCUT2D eigenvalue weighted by Crippen LogP contribution is 2.29. The van der Waals surface area contributed by atoms with Crippen molar-refractivity contribution in [3.63, 3.8) is 0 Å². The molecule has 1 aromatic heterocycles. The number of hydrogen-bond donors (Lipinski definition) is 1. The minimum Gasteiger partial charge on any atom is -0.370 e. The molecule has 3 aromatic rings. The van der Waals surface area contributed by atoms with Gasteiger partial charge in [-0.1, -0.05) is 72.4 Å². The van der Waals surface area contributed by atoms with Gasteiger partial charge < -0.3 is 5.73 Å². The zero-order chi connectivity index (χ0) is 16.8. The second kappa shape index (κ2) is 7.70. The first-order chi connectivity index (χ1) is 11.7. The number of carbonyl (C=O) groups is 1. The minimum absolute atomic E-state index is 0.287. The van der Waals surface area contributed by atoms with Gasteiger partial charge in [0, 0.05) is 23.3 Å². The Morgan fingerprint density at radius 2 is 1.46 bits per heavy atom. The molecule has 0 fully saturated rings. The van der Waals surface area contributed by atoms with E-state index in [0.717, 1.165) is 22.5 Å². The number of nitrogens with two attached hydrogens (primary N) is 1. The molecule has 2 N–H and O–H groups in total. The van der Waals surface area contributed by atoms with Crippen molar-refractivity contribution < 1.29 is 4.79 Å². The molecule has 5 nitrogen and oxygen atoms in total. The van der Waals surface area contributed by atoms with Crippen molar-refractivity contribution in [1.29, 1.82) is 0 Å². The predicted molar refractivity (Wildman–Crippen MR) is 95.2 cm³/mol. The molecule has 3 rings (SSSR count). The smallest absolute Gasteiger partial charge is 0.218 e. The van der Waals surface area contributed by atoms with Gasteiger partial charge in [-0.05, 0) is 0 Å². The van der Waals surface area contributed by atoms with Gasteiger partial charge in [0.2, 0.25) is 11.1 Å². The molecule has 120 valence electrons. The fourth-order valence-corrected chi connectivity index (χ4v) is 2.94. The lowest BCUT2D eigenvalue weighted by Gasteiger charge is -2.09. The highest BCUT2D eigenvalue weighted by molar-refractivity contribution is 7.99. The quantitative estimate of drug-likeness (QED) is 0.699. The molecule has 24 heavy (non-hydrogen) atoms. The molecule has 0 bridgehead atoms. The molecule has 0 unspecified atom stereocenters. The number of nitrogens with zero attached hydrogens (tertiary/aromatic N) is 3. The average molecular weight is 336 g/mol. The van der Waals surface area contributed by atoms with E-state index in [1.54, 1.807) is 0 Å². The Morgan fingerprint density at radius 3 is 2.04 bits per heavy atom. The van der Waals surface area contributed by atoms with E-state index in [0.29, 0.717) is 10.9 Å². The highest BCUT2D eigenvalue weighted by Gasteiger charge is 2.13. The Kier molecular flexibility index (Phi) is 5.18. The van der Waals surface area contributed by atoms with E-state index < -0.39 is 0 Å². The highest BCUT2D eigenvalue weighted by atomic mass is 32.2. The molecule has 1 amide bonds. The van der Waals surface area contributed by atoms with Gasteiger partial charge in [0.15, 0.2) is 0 Å². The number of thioether (sulfide) groups is 1. The number of carbonyl (C=O) groups excluding carboxylic acids is 1. The van der Waals surface area contributed by atoms with Crippen molar-refractivity contribution >= 4 is 17.7 Å². The largest absolute Gasteiger partial charge is 0.370 e. The van der Waals surface area contributed by atoms with Crippen LogP contribution < -0.4 is 5.73 Å². The summed E-state index contributed by atoms with van der Waals surface area (Å²) < 4.78 is 0. The summed E-state index contributed by atoms with van der Waals surface area (Å²) >= 11 is 1.38. The second-order valence-corrected chi connectivity index (χ2v) is 6.15. The third-order valence-electron chi connectivity index (χ3n) is 3.34. The van der Waals surface area contributed by atoms with Crippen molar-refractivity contribution in [2.24, 2.45) is 5.73 Å². The minimum atomic E-state index is -0.334. The summed E-state index contributed by atoms with van der Waals surface area (Å²) in [5.41, 5.74) is 8.62. The lowest BCUT2D eigenvalue weighted by molar-refractivity contribution is -0.117. The SMILES string of the molecule is NC(=O)CCSc1nnc(-c2ccccc2)c(-c2ccccc2)n1. The summed E-state index contributed by atoms with van der Waals surface area (Å²) in [7, 11) is 0. The molecule has 2 aromatic carbocycles. The molecule has 0 spiro atoms. The van der Waals surface area contributed by atoms with Crippen LogP contribution in [0.2, 0.25) is 0 Å². The van der Waals surface area contributed by atoms with E-state index in [1.165, 1.54) is 11.8 Å². The molecule has 0 saturated heterocycles. The Labute approximate surface area is 144 Å². The zero-order valence-electron chi connectivity index (χ0n) is 12.9. The van der Waals surface area contributed by atoms with E-state index in [9.17, 15) is 4.79 Å². The predicted octanol–water partition coefficient (Wildman–Crippen LogP) is 3.17. The van der Waals surface area contributed by atoms with Gasteiger partial charge in [-0.15, -0.1) is 10.2 Å². The number of hydrogen-bond acceptors (Lipinski definition) is 5. The fourth-order valence-electron chi connectivity index (χ4n) is 2.20. The Morgan fingerprint density at radius 1 is 0.875 bits per heavy atom. The van der Waals surface area contributed by atoms with Gasteiger partial charge in [0.1, 0.15) is 11.4 Å². The second-order valence-electron chi connectivity index (χ2n) is 5.09. The van der Waals surface area contributed by atoms with Crippen molar-refractivity contribution in [2.75, 3.05) is 5.75 Å². The monoisotopic (exact) mass is 336 g/mol. The van der Waals surface area contributed by atoms with Crippen molar-refractivity contribution in [2.45, 2.75) is 11.6 Å². The molecule has 0 saturated carbocycles. The van der Waals surface area contributed by atoms with E-state index in [2.05, 4.69) is 15.2 Å². The summed E-state index contributed by atoms with van der Waals surface area (Å²) in [6.45, 7) is 0. The lowest BCUT2D eigenvalue weighted by atomic mass is 10.0.